The molecule has 2 aromatic rings. The highest BCUT2D eigenvalue weighted by Crippen LogP contribution is 2.21. The van der Waals surface area contributed by atoms with Gasteiger partial charge in [-0.3, -0.25) is 0 Å². The maximum atomic E-state index is 9.31. The minimum atomic E-state index is 0.299. The van der Waals surface area contributed by atoms with Gasteiger partial charge in [0.15, 0.2) is 0 Å². The molecule has 0 saturated heterocycles. The fraction of sp³-hybridized carbons (Fsp3) is 0.0769. The molecule has 15 heavy (non-hydrogen) atoms. The first-order valence-electron chi connectivity index (χ1n) is 4.89. The highest BCUT2D eigenvalue weighted by Gasteiger charge is 1.95. The molecule has 2 rings (SSSR count). The molecule has 0 amide bonds. The van der Waals surface area contributed by atoms with Crippen molar-refractivity contribution in [1.82, 2.24) is 0 Å². The summed E-state index contributed by atoms with van der Waals surface area (Å²) in [6, 6.07) is 11.4. The number of hydrogen-bond donors (Lipinski definition) is 2. The molecule has 3 N–H and O–H groups in total. The van der Waals surface area contributed by atoms with Crippen LogP contribution in [-0.2, 0) is 0 Å². The highest BCUT2D eigenvalue weighted by molar-refractivity contribution is 5.85. The second-order valence-corrected chi connectivity index (χ2v) is 3.43. The zero-order valence-corrected chi connectivity index (χ0v) is 8.35. The third kappa shape index (κ3) is 2.17. The van der Waals surface area contributed by atoms with E-state index < -0.39 is 0 Å². The van der Waals surface area contributed by atoms with E-state index >= 15 is 0 Å². The monoisotopic (exact) mass is 199 g/mol. The molecular formula is C13H13NO. The zero-order chi connectivity index (χ0) is 10.7. The maximum Gasteiger partial charge on any atom is 0.116 e. The van der Waals surface area contributed by atoms with Crippen LogP contribution in [0, 0.1) is 0 Å². The number of fused-ring (bicyclic) bond motifs is 1. The molecule has 0 aliphatic heterocycles. The van der Waals surface area contributed by atoms with E-state index in [2.05, 4.69) is 6.07 Å². The van der Waals surface area contributed by atoms with Crippen molar-refractivity contribution in [1.29, 1.82) is 0 Å². The molecule has 0 fully saturated rings. The Morgan fingerprint density at radius 2 is 1.80 bits per heavy atom. The van der Waals surface area contributed by atoms with Crippen LogP contribution in [0.1, 0.15) is 5.56 Å². The van der Waals surface area contributed by atoms with Crippen molar-refractivity contribution >= 4 is 16.8 Å². The van der Waals surface area contributed by atoms with E-state index in [0.29, 0.717) is 12.3 Å². The van der Waals surface area contributed by atoms with Gasteiger partial charge < -0.3 is 10.8 Å². The lowest BCUT2D eigenvalue weighted by Crippen LogP contribution is -1.91. The van der Waals surface area contributed by atoms with Crippen LogP contribution in [0.5, 0.6) is 5.75 Å². The Morgan fingerprint density at radius 3 is 2.60 bits per heavy atom. The van der Waals surface area contributed by atoms with E-state index in [1.54, 1.807) is 12.1 Å². The van der Waals surface area contributed by atoms with Crippen molar-refractivity contribution in [3.8, 4) is 5.75 Å². The number of phenolic OH excluding ortho intramolecular Hbond substituents is 1. The van der Waals surface area contributed by atoms with E-state index in [0.717, 1.165) is 16.3 Å². The molecule has 0 radical (unpaired) electrons. The number of hydrogen-bond acceptors (Lipinski definition) is 2. The molecule has 2 aromatic carbocycles. The van der Waals surface area contributed by atoms with Crippen LogP contribution in [-0.4, -0.2) is 11.7 Å². The van der Waals surface area contributed by atoms with Gasteiger partial charge in [-0.25, -0.2) is 0 Å². The molecule has 0 bridgehead atoms. The zero-order valence-electron chi connectivity index (χ0n) is 8.35. The number of rotatable bonds is 2. The van der Waals surface area contributed by atoms with Gasteiger partial charge >= 0.3 is 0 Å². The van der Waals surface area contributed by atoms with Crippen LogP contribution in [0.25, 0.3) is 16.8 Å². The average molecular weight is 199 g/mol. The number of benzene rings is 2. The van der Waals surface area contributed by atoms with E-state index in [9.17, 15) is 5.11 Å². The smallest absolute Gasteiger partial charge is 0.116 e. The lowest BCUT2D eigenvalue weighted by Gasteiger charge is -2.00. The van der Waals surface area contributed by atoms with Crippen LogP contribution in [0.15, 0.2) is 42.5 Å². The summed E-state index contributed by atoms with van der Waals surface area (Å²) in [6.07, 6.45) is 3.91. The van der Waals surface area contributed by atoms with Crippen LogP contribution in [0.4, 0.5) is 0 Å². The van der Waals surface area contributed by atoms with E-state index in [1.165, 1.54) is 0 Å². The van der Waals surface area contributed by atoms with Gasteiger partial charge in [-0.2, -0.15) is 0 Å². The summed E-state index contributed by atoms with van der Waals surface area (Å²) in [6.45, 7) is 0.549. The fourth-order valence-corrected chi connectivity index (χ4v) is 1.56. The largest absolute Gasteiger partial charge is 0.508 e. The summed E-state index contributed by atoms with van der Waals surface area (Å²) in [4.78, 5) is 0. The van der Waals surface area contributed by atoms with Gasteiger partial charge in [0.25, 0.3) is 0 Å². The van der Waals surface area contributed by atoms with Crippen LogP contribution < -0.4 is 5.73 Å². The predicted molar refractivity (Wildman–Crippen MR) is 63.7 cm³/mol. The fourth-order valence-electron chi connectivity index (χ4n) is 1.56. The van der Waals surface area contributed by atoms with Gasteiger partial charge in [0.2, 0.25) is 0 Å². The molecule has 0 spiro atoms. The third-order valence-electron chi connectivity index (χ3n) is 2.29. The van der Waals surface area contributed by atoms with Crippen molar-refractivity contribution in [2.45, 2.75) is 0 Å². The lowest BCUT2D eigenvalue weighted by molar-refractivity contribution is 0.476. The predicted octanol–water partition coefficient (Wildman–Crippen LogP) is 2.52. The Kier molecular flexibility index (Phi) is 2.70. The molecule has 0 unspecified atom stereocenters. The average Bonchev–Trinajstić information content (AvgIpc) is 2.26. The molecular weight excluding hydrogens is 186 g/mol. The normalized spacial score (nSPS) is 11.3. The van der Waals surface area contributed by atoms with Gasteiger partial charge in [-0.05, 0) is 34.5 Å². The number of nitrogens with two attached hydrogens (primary N) is 1. The molecule has 0 aliphatic rings. The lowest BCUT2D eigenvalue weighted by atomic mass is 10.1. The highest BCUT2D eigenvalue weighted by atomic mass is 16.3. The standard InChI is InChI=1S/C13H13NO/c14-7-1-2-10-3-4-12-9-13(15)6-5-11(12)8-10/h1-6,8-9,15H,7,14H2. The Labute approximate surface area is 88.7 Å². The van der Waals surface area contributed by atoms with Crippen molar-refractivity contribution < 1.29 is 5.11 Å². The molecule has 76 valence electrons. The maximum absolute atomic E-state index is 9.31. The third-order valence-corrected chi connectivity index (χ3v) is 2.29. The molecule has 0 heterocycles. The first-order valence-corrected chi connectivity index (χ1v) is 4.89. The van der Waals surface area contributed by atoms with Gasteiger partial charge in [0.1, 0.15) is 5.75 Å². The summed E-state index contributed by atoms with van der Waals surface area (Å²) in [5.41, 5.74) is 6.51. The molecule has 2 nitrogen and oxygen atoms in total. The molecule has 0 saturated carbocycles. The van der Waals surface area contributed by atoms with Crippen molar-refractivity contribution in [3.05, 3.63) is 48.0 Å². The van der Waals surface area contributed by atoms with Gasteiger partial charge in [-0.1, -0.05) is 30.4 Å². The van der Waals surface area contributed by atoms with Crippen molar-refractivity contribution in [2.24, 2.45) is 5.73 Å². The second-order valence-electron chi connectivity index (χ2n) is 3.43. The number of phenols is 1. The summed E-state index contributed by atoms with van der Waals surface area (Å²) >= 11 is 0. The van der Waals surface area contributed by atoms with Crippen LogP contribution >= 0.6 is 0 Å². The topological polar surface area (TPSA) is 46.2 Å². The van der Waals surface area contributed by atoms with Crippen molar-refractivity contribution in [3.63, 3.8) is 0 Å². The molecule has 0 atom stereocenters. The van der Waals surface area contributed by atoms with Gasteiger partial charge in [0.05, 0.1) is 0 Å². The van der Waals surface area contributed by atoms with Crippen LogP contribution in [0.2, 0.25) is 0 Å². The van der Waals surface area contributed by atoms with E-state index in [4.69, 9.17) is 5.73 Å². The second kappa shape index (κ2) is 4.15. The SMILES string of the molecule is NCC=Cc1ccc2cc(O)ccc2c1. The van der Waals surface area contributed by atoms with E-state index in [1.807, 2.05) is 30.4 Å². The Morgan fingerprint density at radius 1 is 1.07 bits per heavy atom. The van der Waals surface area contributed by atoms with E-state index in [-0.39, 0.29) is 0 Å². The summed E-state index contributed by atoms with van der Waals surface area (Å²) in [7, 11) is 0. The summed E-state index contributed by atoms with van der Waals surface area (Å²) in [5.74, 6) is 0.299. The molecule has 0 aromatic heterocycles. The summed E-state index contributed by atoms with van der Waals surface area (Å²) in [5, 5.41) is 11.5. The van der Waals surface area contributed by atoms with Crippen LogP contribution in [0.3, 0.4) is 0 Å². The molecule has 0 aliphatic carbocycles. The summed E-state index contributed by atoms with van der Waals surface area (Å²) < 4.78 is 0. The number of aromatic hydroxyl groups is 1. The Balaban J connectivity index is 2.47. The Hall–Kier alpha value is -1.80. The Bertz CT molecular complexity index is 503. The molecule has 2 heteroatoms. The minimum Gasteiger partial charge on any atom is -0.508 e. The quantitative estimate of drug-likeness (QED) is 0.780. The minimum absolute atomic E-state index is 0.299. The first-order chi connectivity index (χ1) is 7.29. The first kappa shape index (κ1) is 9.74. The van der Waals surface area contributed by atoms with Gasteiger partial charge in [-0.15, -0.1) is 0 Å². The van der Waals surface area contributed by atoms with Crippen molar-refractivity contribution in [2.75, 3.05) is 6.54 Å². The van der Waals surface area contributed by atoms with Gasteiger partial charge in [0, 0.05) is 6.54 Å².